The predicted molar refractivity (Wildman–Crippen MR) is 72.2 cm³/mol. The summed E-state index contributed by atoms with van der Waals surface area (Å²) >= 11 is 5.74. The van der Waals surface area contributed by atoms with Crippen LogP contribution in [0, 0.1) is 0 Å². The molecule has 0 unspecified atom stereocenters. The van der Waals surface area contributed by atoms with E-state index in [1.807, 2.05) is 0 Å². The number of benzene rings is 1. The average molecular weight is 293 g/mol. The Labute approximate surface area is 113 Å². The number of hydrogen-bond donors (Lipinski definition) is 0. The highest BCUT2D eigenvalue weighted by molar-refractivity contribution is 7.86. The smallest absolute Gasteiger partial charge is 0.281 e. The highest BCUT2D eigenvalue weighted by Gasteiger charge is 2.19. The summed E-state index contributed by atoms with van der Waals surface area (Å²) in [5.41, 5.74) is 0. The third kappa shape index (κ3) is 4.13. The van der Waals surface area contributed by atoms with Crippen LogP contribution in [0.2, 0.25) is 5.02 Å². The molecular weight excluding hydrogens is 276 g/mol. The van der Waals surface area contributed by atoms with Crippen molar-refractivity contribution in [2.24, 2.45) is 0 Å². The summed E-state index contributed by atoms with van der Waals surface area (Å²) in [6.07, 6.45) is 0. The van der Waals surface area contributed by atoms with Gasteiger partial charge < -0.3 is 4.74 Å². The fourth-order valence-electron chi connectivity index (χ4n) is 1.22. The molecule has 0 aliphatic rings. The molecule has 0 fully saturated rings. The lowest BCUT2D eigenvalue weighted by molar-refractivity contribution is 0.281. The van der Waals surface area contributed by atoms with Crippen LogP contribution < -0.4 is 4.74 Å². The lowest BCUT2D eigenvalue weighted by Gasteiger charge is -2.21. The van der Waals surface area contributed by atoms with E-state index < -0.39 is 10.2 Å². The second-order valence-corrected chi connectivity index (χ2v) is 6.60. The van der Waals surface area contributed by atoms with E-state index in [2.05, 4.69) is 0 Å². The van der Waals surface area contributed by atoms with Gasteiger partial charge in [-0.05, 0) is 24.3 Å². The molecule has 18 heavy (non-hydrogen) atoms. The molecule has 0 atom stereocenters. The van der Waals surface area contributed by atoms with Crippen LogP contribution in [0.15, 0.2) is 24.3 Å². The minimum Gasteiger partial charge on any atom is -0.492 e. The minimum atomic E-state index is -3.37. The third-order valence-corrected chi connectivity index (χ3v) is 4.49. The number of rotatable bonds is 6. The number of likely N-dealkylation sites (N-methyl/N-ethyl adjacent to an activating group) is 1. The van der Waals surface area contributed by atoms with Crippen LogP contribution in [0.4, 0.5) is 0 Å². The quantitative estimate of drug-likeness (QED) is 0.797. The molecule has 5 nitrogen and oxygen atoms in total. The van der Waals surface area contributed by atoms with Crippen LogP contribution in [0.25, 0.3) is 0 Å². The molecule has 0 N–H and O–H groups in total. The standard InChI is InChI=1S/C11H17ClN2O3S/c1-13(2)18(15,16)14(3)8-9-17-11-6-4-10(12)5-7-11/h4-7H,8-9H2,1-3H3. The molecule has 0 aliphatic carbocycles. The Morgan fingerprint density at radius 1 is 1.17 bits per heavy atom. The Bertz CT molecular complexity index is 474. The van der Waals surface area contributed by atoms with Crippen molar-refractivity contribution in [2.45, 2.75) is 0 Å². The number of ether oxygens (including phenoxy) is 1. The van der Waals surface area contributed by atoms with Gasteiger partial charge in [0.25, 0.3) is 10.2 Å². The summed E-state index contributed by atoms with van der Waals surface area (Å²) in [5, 5.41) is 0.634. The Balaban J connectivity index is 2.45. The SMILES string of the molecule is CN(C)S(=O)(=O)N(C)CCOc1ccc(Cl)cc1. The molecule has 0 aliphatic heterocycles. The molecule has 0 bridgehead atoms. The van der Waals surface area contributed by atoms with Gasteiger partial charge in [0.2, 0.25) is 0 Å². The first-order valence-electron chi connectivity index (χ1n) is 5.36. The fourth-order valence-corrected chi connectivity index (χ4v) is 2.21. The Hall–Kier alpha value is -0.820. The second-order valence-electron chi connectivity index (χ2n) is 3.91. The van der Waals surface area contributed by atoms with Crippen LogP contribution >= 0.6 is 11.6 Å². The van der Waals surface area contributed by atoms with Crippen molar-refractivity contribution in [2.75, 3.05) is 34.3 Å². The topological polar surface area (TPSA) is 49.9 Å². The molecule has 0 radical (unpaired) electrons. The number of nitrogens with zero attached hydrogens (tertiary/aromatic N) is 2. The van der Waals surface area contributed by atoms with E-state index in [1.165, 1.54) is 25.4 Å². The Morgan fingerprint density at radius 3 is 2.22 bits per heavy atom. The molecule has 0 heterocycles. The van der Waals surface area contributed by atoms with Crippen molar-refractivity contribution >= 4 is 21.8 Å². The fraction of sp³-hybridized carbons (Fsp3) is 0.455. The van der Waals surface area contributed by atoms with E-state index in [-0.39, 0.29) is 13.2 Å². The maximum absolute atomic E-state index is 11.7. The lowest BCUT2D eigenvalue weighted by Crippen LogP contribution is -2.39. The second kappa shape index (κ2) is 6.38. The molecule has 7 heteroatoms. The Morgan fingerprint density at radius 2 is 1.72 bits per heavy atom. The van der Waals surface area contributed by atoms with Crippen molar-refractivity contribution in [3.63, 3.8) is 0 Å². The summed E-state index contributed by atoms with van der Waals surface area (Å²) in [7, 11) is 1.13. The zero-order valence-electron chi connectivity index (χ0n) is 10.6. The number of hydrogen-bond acceptors (Lipinski definition) is 3. The largest absolute Gasteiger partial charge is 0.492 e. The predicted octanol–water partition coefficient (Wildman–Crippen LogP) is 1.46. The summed E-state index contributed by atoms with van der Waals surface area (Å²) in [6, 6.07) is 6.92. The summed E-state index contributed by atoms with van der Waals surface area (Å²) in [5.74, 6) is 0.662. The van der Waals surface area contributed by atoms with Crippen LogP contribution in [-0.2, 0) is 10.2 Å². The van der Waals surface area contributed by atoms with E-state index in [9.17, 15) is 8.42 Å². The molecular formula is C11H17ClN2O3S. The zero-order chi connectivity index (χ0) is 13.8. The van der Waals surface area contributed by atoms with Gasteiger partial charge in [-0.15, -0.1) is 0 Å². The maximum Gasteiger partial charge on any atom is 0.281 e. The maximum atomic E-state index is 11.7. The Kier molecular flexibility index (Phi) is 5.40. The number of halogens is 1. The molecule has 0 saturated carbocycles. The van der Waals surface area contributed by atoms with Gasteiger partial charge in [-0.3, -0.25) is 0 Å². The van der Waals surface area contributed by atoms with Gasteiger partial charge in [-0.2, -0.15) is 17.0 Å². The van der Waals surface area contributed by atoms with Crippen molar-refractivity contribution in [1.29, 1.82) is 0 Å². The minimum absolute atomic E-state index is 0.281. The first kappa shape index (κ1) is 15.2. The molecule has 0 saturated heterocycles. The molecule has 1 aromatic rings. The summed E-state index contributed by atoms with van der Waals surface area (Å²) < 4.78 is 31.2. The molecule has 1 aromatic carbocycles. The van der Waals surface area contributed by atoms with Gasteiger partial charge in [-0.1, -0.05) is 11.6 Å². The van der Waals surface area contributed by atoms with Gasteiger partial charge in [0.05, 0.1) is 0 Å². The van der Waals surface area contributed by atoms with Gasteiger partial charge in [-0.25, -0.2) is 0 Å². The van der Waals surface area contributed by atoms with E-state index in [0.717, 1.165) is 4.31 Å². The average Bonchev–Trinajstić information content (AvgIpc) is 2.31. The van der Waals surface area contributed by atoms with Gasteiger partial charge in [0.1, 0.15) is 12.4 Å². The monoisotopic (exact) mass is 292 g/mol. The zero-order valence-corrected chi connectivity index (χ0v) is 12.2. The molecule has 0 aromatic heterocycles. The first-order chi connectivity index (χ1) is 8.34. The third-order valence-electron chi connectivity index (χ3n) is 2.34. The molecule has 1 rings (SSSR count). The van der Waals surface area contributed by atoms with Crippen molar-refractivity contribution in [3.8, 4) is 5.75 Å². The molecule has 0 spiro atoms. The van der Waals surface area contributed by atoms with Crippen LogP contribution in [0.5, 0.6) is 5.75 Å². The van der Waals surface area contributed by atoms with Crippen LogP contribution in [-0.4, -0.2) is 51.3 Å². The first-order valence-corrected chi connectivity index (χ1v) is 7.13. The van der Waals surface area contributed by atoms with Crippen molar-refractivity contribution < 1.29 is 13.2 Å². The lowest BCUT2D eigenvalue weighted by atomic mass is 10.3. The molecule has 102 valence electrons. The summed E-state index contributed by atoms with van der Waals surface area (Å²) in [4.78, 5) is 0. The van der Waals surface area contributed by atoms with Crippen molar-refractivity contribution in [3.05, 3.63) is 29.3 Å². The van der Waals surface area contributed by atoms with Gasteiger partial charge >= 0.3 is 0 Å². The van der Waals surface area contributed by atoms with Gasteiger partial charge in [0, 0.05) is 32.7 Å². The van der Waals surface area contributed by atoms with Crippen LogP contribution in [0.3, 0.4) is 0 Å². The van der Waals surface area contributed by atoms with E-state index in [0.29, 0.717) is 10.8 Å². The van der Waals surface area contributed by atoms with Crippen molar-refractivity contribution in [1.82, 2.24) is 8.61 Å². The van der Waals surface area contributed by atoms with Crippen LogP contribution in [0.1, 0.15) is 0 Å². The highest BCUT2D eigenvalue weighted by atomic mass is 35.5. The van der Waals surface area contributed by atoms with E-state index >= 15 is 0 Å². The highest BCUT2D eigenvalue weighted by Crippen LogP contribution is 2.15. The van der Waals surface area contributed by atoms with Gasteiger partial charge in [0.15, 0.2) is 0 Å². The normalized spacial score (nSPS) is 12.1. The van der Waals surface area contributed by atoms with E-state index in [4.69, 9.17) is 16.3 Å². The molecule has 0 amide bonds. The summed E-state index contributed by atoms with van der Waals surface area (Å²) in [6.45, 7) is 0.564. The van der Waals surface area contributed by atoms with E-state index in [1.54, 1.807) is 24.3 Å².